The van der Waals surface area contributed by atoms with E-state index in [0.29, 0.717) is 41.9 Å². The highest BCUT2D eigenvalue weighted by Gasteiger charge is 2.22. The lowest BCUT2D eigenvalue weighted by molar-refractivity contribution is -0.121. The molecule has 0 N–H and O–H groups in total. The molecule has 3 rings (SSSR count). The highest BCUT2D eigenvalue weighted by molar-refractivity contribution is 5.97. The molecule has 1 amide bonds. The van der Waals surface area contributed by atoms with E-state index < -0.39 is 18.5 Å². The molecular weight excluding hydrogens is 364 g/mol. The van der Waals surface area contributed by atoms with Crippen LogP contribution in [0.4, 0.5) is 5.69 Å². The molecule has 0 unspecified atom stereocenters. The second kappa shape index (κ2) is 8.48. The second-order valence-electron chi connectivity index (χ2n) is 6.18. The minimum Gasteiger partial charge on any atom is -0.486 e. The van der Waals surface area contributed by atoms with Crippen LogP contribution in [0.15, 0.2) is 28.7 Å². The van der Waals surface area contributed by atoms with E-state index >= 15 is 0 Å². The van der Waals surface area contributed by atoms with E-state index in [1.807, 2.05) is 6.07 Å². The molecule has 146 valence electrons. The van der Waals surface area contributed by atoms with Crippen LogP contribution in [0, 0.1) is 25.2 Å². The number of fused-ring (bicyclic) bond motifs is 1. The van der Waals surface area contributed by atoms with Crippen molar-refractivity contribution in [2.45, 2.75) is 20.3 Å². The molecule has 0 saturated carbocycles. The number of hydrogen-bond donors (Lipinski definition) is 0. The average molecular weight is 384 g/mol. The lowest BCUT2D eigenvalue weighted by atomic mass is 10.2. The Morgan fingerprint density at radius 2 is 1.93 bits per heavy atom. The van der Waals surface area contributed by atoms with Crippen LogP contribution in [0.25, 0.3) is 0 Å². The number of esters is 1. The van der Waals surface area contributed by atoms with Gasteiger partial charge in [-0.3, -0.25) is 4.79 Å². The number of nitriles is 1. The Balaban J connectivity index is 1.72. The van der Waals surface area contributed by atoms with Crippen LogP contribution < -0.4 is 14.4 Å². The third-order valence-electron chi connectivity index (χ3n) is 4.17. The molecule has 1 aliphatic heterocycles. The molecule has 1 aromatic carbocycles. The van der Waals surface area contributed by atoms with Gasteiger partial charge in [0.2, 0.25) is 0 Å². The molecule has 0 bridgehead atoms. The van der Waals surface area contributed by atoms with E-state index in [1.165, 1.54) is 4.90 Å². The quantitative estimate of drug-likeness (QED) is 0.706. The number of nitrogens with zero attached hydrogens (tertiary/aromatic N) is 2. The van der Waals surface area contributed by atoms with Gasteiger partial charge in [-0.1, -0.05) is 0 Å². The number of furan rings is 1. The van der Waals surface area contributed by atoms with Crippen molar-refractivity contribution < 1.29 is 28.2 Å². The number of carbonyl (C=O) groups is 2. The van der Waals surface area contributed by atoms with E-state index in [-0.39, 0.29) is 18.5 Å². The SMILES string of the molecule is Cc1cc(C(=O)OCC(=O)N(CCC#N)c2ccc3c(c2)OCCO3)c(C)o1. The predicted molar refractivity (Wildman–Crippen MR) is 98.5 cm³/mol. The first kappa shape index (κ1) is 19.3. The van der Waals surface area contributed by atoms with Gasteiger partial charge in [0, 0.05) is 18.3 Å². The van der Waals surface area contributed by atoms with Crippen LogP contribution in [0.2, 0.25) is 0 Å². The van der Waals surface area contributed by atoms with Crippen molar-refractivity contribution in [3.8, 4) is 17.6 Å². The molecule has 8 nitrogen and oxygen atoms in total. The Morgan fingerprint density at radius 3 is 2.61 bits per heavy atom. The van der Waals surface area contributed by atoms with Gasteiger partial charge < -0.3 is 23.5 Å². The van der Waals surface area contributed by atoms with Crippen molar-refractivity contribution in [1.82, 2.24) is 0 Å². The maximum absolute atomic E-state index is 12.7. The summed E-state index contributed by atoms with van der Waals surface area (Å²) in [5, 5.41) is 8.91. The number of rotatable bonds is 6. The van der Waals surface area contributed by atoms with Gasteiger partial charge in [0.1, 0.15) is 30.3 Å². The molecule has 28 heavy (non-hydrogen) atoms. The molecular formula is C20H20N2O6. The normalized spacial score (nSPS) is 12.2. The topological polar surface area (TPSA) is 102 Å². The molecule has 8 heteroatoms. The zero-order chi connectivity index (χ0) is 20.1. The van der Waals surface area contributed by atoms with Gasteiger partial charge in [-0.25, -0.2) is 4.79 Å². The molecule has 0 saturated heterocycles. The number of hydrogen-bond acceptors (Lipinski definition) is 7. The lowest BCUT2D eigenvalue weighted by Crippen LogP contribution is -2.35. The summed E-state index contributed by atoms with van der Waals surface area (Å²) in [6, 6.07) is 8.67. The molecule has 0 aliphatic carbocycles. The largest absolute Gasteiger partial charge is 0.486 e. The monoisotopic (exact) mass is 384 g/mol. The van der Waals surface area contributed by atoms with Gasteiger partial charge in [0.25, 0.3) is 5.91 Å². The van der Waals surface area contributed by atoms with Crippen LogP contribution >= 0.6 is 0 Å². The van der Waals surface area contributed by atoms with Crippen molar-refractivity contribution in [1.29, 1.82) is 5.26 Å². The van der Waals surface area contributed by atoms with Crippen molar-refractivity contribution in [3.05, 3.63) is 41.3 Å². The Labute approximate surface area is 162 Å². The molecule has 0 fully saturated rings. The summed E-state index contributed by atoms with van der Waals surface area (Å²) in [4.78, 5) is 26.3. The van der Waals surface area contributed by atoms with Gasteiger partial charge in [0.05, 0.1) is 12.5 Å². The average Bonchev–Trinajstić information content (AvgIpc) is 3.04. The van der Waals surface area contributed by atoms with Crippen LogP contribution in [0.5, 0.6) is 11.5 Å². The number of ether oxygens (including phenoxy) is 3. The van der Waals surface area contributed by atoms with Gasteiger partial charge in [-0.15, -0.1) is 0 Å². The fourth-order valence-electron chi connectivity index (χ4n) is 2.88. The van der Waals surface area contributed by atoms with Gasteiger partial charge >= 0.3 is 5.97 Å². The van der Waals surface area contributed by atoms with E-state index in [0.717, 1.165) is 0 Å². The smallest absolute Gasteiger partial charge is 0.342 e. The molecule has 0 atom stereocenters. The molecule has 1 aromatic heterocycles. The first-order valence-corrected chi connectivity index (χ1v) is 8.80. The van der Waals surface area contributed by atoms with E-state index in [2.05, 4.69) is 0 Å². The van der Waals surface area contributed by atoms with E-state index in [9.17, 15) is 9.59 Å². The summed E-state index contributed by atoms with van der Waals surface area (Å²) in [6.45, 7) is 3.97. The summed E-state index contributed by atoms with van der Waals surface area (Å²) < 4.78 is 21.5. The van der Waals surface area contributed by atoms with Crippen LogP contribution in [-0.4, -0.2) is 38.2 Å². The lowest BCUT2D eigenvalue weighted by Gasteiger charge is -2.24. The molecule has 2 aromatic rings. The van der Waals surface area contributed by atoms with Crippen molar-refractivity contribution in [2.75, 3.05) is 31.3 Å². The summed E-state index contributed by atoms with van der Waals surface area (Å²) in [5.41, 5.74) is 0.823. The summed E-state index contributed by atoms with van der Waals surface area (Å²) in [7, 11) is 0. The Hall–Kier alpha value is -3.47. The highest BCUT2D eigenvalue weighted by atomic mass is 16.6. The minimum atomic E-state index is -0.634. The summed E-state index contributed by atoms with van der Waals surface area (Å²) in [5.74, 6) is 1.06. The number of carbonyl (C=O) groups excluding carboxylic acids is 2. The Kier molecular flexibility index (Phi) is 5.84. The maximum atomic E-state index is 12.7. The third-order valence-corrected chi connectivity index (χ3v) is 4.17. The van der Waals surface area contributed by atoms with Crippen LogP contribution in [-0.2, 0) is 9.53 Å². The Morgan fingerprint density at radius 1 is 1.18 bits per heavy atom. The van der Waals surface area contributed by atoms with Crippen molar-refractivity contribution in [2.24, 2.45) is 0 Å². The molecule has 0 spiro atoms. The Bertz CT molecular complexity index is 927. The van der Waals surface area contributed by atoms with Crippen LogP contribution in [0.3, 0.4) is 0 Å². The number of aryl methyl sites for hydroxylation is 2. The first-order valence-electron chi connectivity index (χ1n) is 8.80. The maximum Gasteiger partial charge on any atom is 0.342 e. The molecule has 0 radical (unpaired) electrons. The van der Waals surface area contributed by atoms with Crippen molar-refractivity contribution in [3.63, 3.8) is 0 Å². The van der Waals surface area contributed by atoms with Gasteiger partial charge in [-0.05, 0) is 32.0 Å². The van der Waals surface area contributed by atoms with E-state index in [1.54, 1.807) is 38.1 Å². The van der Waals surface area contributed by atoms with Crippen LogP contribution in [0.1, 0.15) is 28.3 Å². The summed E-state index contributed by atoms with van der Waals surface area (Å²) in [6.07, 6.45) is 0.133. The van der Waals surface area contributed by atoms with E-state index in [4.69, 9.17) is 23.9 Å². The zero-order valence-corrected chi connectivity index (χ0v) is 15.7. The van der Waals surface area contributed by atoms with Gasteiger partial charge in [-0.2, -0.15) is 5.26 Å². The molecule has 1 aliphatic rings. The predicted octanol–water partition coefficient (Wildman–Crippen LogP) is 2.77. The standard InChI is InChI=1S/C20H20N2O6/c1-13-10-16(14(2)28-13)20(24)27-12-19(23)22(7-3-6-21)15-4-5-17-18(11-15)26-9-8-25-17/h4-5,10-11H,3,7-9,12H2,1-2H3. The third kappa shape index (κ3) is 4.26. The first-order chi connectivity index (χ1) is 13.5. The van der Waals surface area contributed by atoms with Crippen molar-refractivity contribution >= 4 is 17.6 Å². The number of anilines is 1. The number of benzene rings is 1. The fraction of sp³-hybridized carbons (Fsp3) is 0.350. The second-order valence-corrected chi connectivity index (χ2v) is 6.18. The fourth-order valence-corrected chi connectivity index (χ4v) is 2.88. The minimum absolute atomic E-state index is 0.133. The zero-order valence-electron chi connectivity index (χ0n) is 15.7. The van der Waals surface area contributed by atoms with Gasteiger partial charge in [0.15, 0.2) is 18.1 Å². The highest BCUT2D eigenvalue weighted by Crippen LogP contribution is 2.34. The number of amides is 1. The molecule has 2 heterocycles. The summed E-state index contributed by atoms with van der Waals surface area (Å²) >= 11 is 0.